The molecule has 0 fully saturated rings. The summed E-state index contributed by atoms with van der Waals surface area (Å²) in [6.07, 6.45) is -1.94. The number of rotatable bonds is 24. The van der Waals surface area contributed by atoms with Crippen LogP contribution in [-0.2, 0) is 33.4 Å². The third-order valence-corrected chi connectivity index (χ3v) is 10.1. The van der Waals surface area contributed by atoms with Crippen molar-refractivity contribution in [2.75, 3.05) is 6.54 Å². The van der Waals surface area contributed by atoms with Gasteiger partial charge in [-0.05, 0) is 84.1 Å². The molecule has 15 heteroatoms. The maximum atomic E-state index is 14.2. The molecule has 0 bridgehead atoms. The maximum Gasteiger partial charge on any atom is 0.407 e. The Labute approximate surface area is 365 Å². The predicted molar refractivity (Wildman–Crippen MR) is 233 cm³/mol. The lowest BCUT2D eigenvalue weighted by atomic mass is 9.91. The number of Topliss-reactive ketones (excluding diaryl/α,β-unsaturated/α-hetero) is 3. The van der Waals surface area contributed by atoms with E-state index in [9.17, 15) is 43.8 Å². The molecule has 2 aromatic carbocycles. The SMILES string of the molecule is CCCCC[C@H](NC(=O)[C@H](C)CC(=O)[C@@H](NC(=O)[C@H](CNC(=O)OC(C)(C)C)CC(=O)c1ccc(-c2ccc(Cl)cc2)cc1)[C@@H](C)OC(C)(C)C)C(=O)C[C@@H](C)C(O)C(=O)O. The summed E-state index contributed by atoms with van der Waals surface area (Å²) in [6, 6.07) is 11.8. The van der Waals surface area contributed by atoms with E-state index in [1.165, 1.54) is 13.8 Å². The van der Waals surface area contributed by atoms with Gasteiger partial charge in [-0.2, -0.15) is 0 Å². The molecule has 1 unspecified atom stereocenters. The Bertz CT molecular complexity index is 1800. The molecule has 0 aliphatic rings. The molecule has 7 atom stereocenters. The number of aliphatic carboxylic acids is 1. The van der Waals surface area contributed by atoms with Gasteiger partial charge in [0.1, 0.15) is 11.6 Å². The number of aliphatic hydroxyl groups is 1. The minimum Gasteiger partial charge on any atom is -0.479 e. The Balaban J connectivity index is 2.35. The maximum absolute atomic E-state index is 14.2. The number of benzene rings is 2. The average Bonchev–Trinajstić information content (AvgIpc) is 3.16. The molecule has 14 nitrogen and oxygen atoms in total. The van der Waals surface area contributed by atoms with E-state index in [-0.39, 0.29) is 32.2 Å². The minimum absolute atomic E-state index is 0.283. The monoisotopic (exact) mass is 871 g/mol. The topological polar surface area (TPSA) is 214 Å². The van der Waals surface area contributed by atoms with Gasteiger partial charge in [0.25, 0.3) is 0 Å². The van der Waals surface area contributed by atoms with Gasteiger partial charge < -0.3 is 35.6 Å². The van der Waals surface area contributed by atoms with Crippen molar-refractivity contribution in [1.29, 1.82) is 0 Å². The number of alkyl carbamates (subject to hydrolysis) is 1. The molecule has 0 saturated heterocycles. The first-order valence-corrected chi connectivity index (χ1v) is 21.3. The number of carbonyl (C=O) groups is 7. The number of carboxylic acids is 1. The Kier molecular flexibility index (Phi) is 20.7. The number of carbonyl (C=O) groups excluding carboxylic acids is 6. The molecular weight excluding hydrogens is 806 g/mol. The molecule has 2 aromatic rings. The molecule has 0 spiro atoms. The molecule has 0 saturated carbocycles. The van der Waals surface area contributed by atoms with Crippen LogP contribution in [0, 0.1) is 17.8 Å². The van der Waals surface area contributed by atoms with E-state index in [0.717, 1.165) is 24.0 Å². The fourth-order valence-electron chi connectivity index (χ4n) is 6.53. The molecule has 2 rings (SSSR count). The van der Waals surface area contributed by atoms with Crippen LogP contribution in [0.5, 0.6) is 0 Å². The zero-order valence-corrected chi connectivity index (χ0v) is 38.0. The second-order valence-corrected chi connectivity index (χ2v) is 18.2. The van der Waals surface area contributed by atoms with Gasteiger partial charge in [-0.3, -0.25) is 24.0 Å². The van der Waals surface area contributed by atoms with Crippen molar-refractivity contribution in [3.63, 3.8) is 0 Å². The van der Waals surface area contributed by atoms with Gasteiger partial charge in [0, 0.05) is 42.3 Å². The number of unbranched alkanes of at least 4 members (excludes halogenated alkanes) is 2. The lowest BCUT2D eigenvalue weighted by Gasteiger charge is -2.32. The zero-order valence-electron chi connectivity index (χ0n) is 37.3. The number of hydrogen-bond donors (Lipinski definition) is 5. The molecule has 5 N–H and O–H groups in total. The molecule has 3 amide bonds. The molecule has 0 aliphatic heterocycles. The molecular formula is C46H66ClN3O11. The van der Waals surface area contributed by atoms with Gasteiger partial charge in [-0.15, -0.1) is 0 Å². The second kappa shape index (κ2) is 24.1. The quantitative estimate of drug-likeness (QED) is 0.0529. The molecule has 338 valence electrons. The van der Waals surface area contributed by atoms with E-state index < -0.39 is 94.5 Å². The molecule has 0 aromatic heterocycles. The second-order valence-electron chi connectivity index (χ2n) is 17.8. The average molecular weight is 872 g/mol. The van der Waals surface area contributed by atoms with Crippen molar-refractivity contribution < 1.29 is 53.2 Å². The molecule has 0 aliphatic carbocycles. The highest BCUT2D eigenvalue weighted by Gasteiger charge is 2.36. The highest BCUT2D eigenvalue weighted by atomic mass is 35.5. The summed E-state index contributed by atoms with van der Waals surface area (Å²) in [4.78, 5) is 92.8. The number of nitrogens with one attached hydrogen (secondary N) is 3. The number of halogens is 1. The fourth-order valence-corrected chi connectivity index (χ4v) is 6.66. The van der Waals surface area contributed by atoms with Gasteiger partial charge >= 0.3 is 12.1 Å². The van der Waals surface area contributed by atoms with Crippen LogP contribution in [0.2, 0.25) is 5.02 Å². The van der Waals surface area contributed by atoms with E-state index in [4.69, 9.17) is 21.1 Å². The standard InChI is InChI=1S/C46H66ClN3O11/c1-11-12-13-14-35(37(52)23-27(2)40(54)43(57)58)49-41(55)28(3)24-38(53)39(29(4)60-45(5,6)7)50-42(56)33(26-48-44(59)61-46(8,9)10)25-36(51)32-17-15-30(16-18-32)31-19-21-34(47)22-20-31/h15-22,27-29,33,35,39-40,54H,11-14,23-26H2,1-10H3,(H,48,59)(H,49,55)(H,50,56)(H,57,58)/t27-,28-,29-,33+,35+,39+,40?/m1/s1. The highest BCUT2D eigenvalue weighted by Crippen LogP contribution is 2.24. The van der Waals surface area contributed by atoms with Crippen LogP contribution in [0.4, 0.5) is 4.79 Å². The van der Waals surface area contributed by atoms with E-state index >= 15 is 0 Å². The zero-order chi connectivity index (χ0) is 46.2. The Hall–Kier alpha value is -4.66. The third-order valence-electron chi connectivity index (χ3n) is 9.80. The number of carboxylic acid groups (broad SMARTS) is 1. The summed E-state index contributed by atoms with van der Waals surface area (Å²) in [6.45, 7) is 16.6. The predicted octanol–water partition coefficient (Wildman–Crippen LogP) is 7.11. The number of ether oxygens (including phenoxy) is 2. The number of amides is 3. The van der Waals surface area contributed by atoms with Gasteiger partial charge in [0.05, 0.1) is 23.7 Å². The summed E-state index contributed by atoms with van der Waals surface area (Å²) in [5, 5.41) is 27.8. The summed E-state index contributed by atoms with van der Waals surface area (Å²) < 4.78 is 11.5. The van der Waals surface area contributed by atoms with E-state index in [1.807, 2.05) is 19.1 Å². The van der Waals surface area contributed by atoms with Crippen LogP contribution >= 0.6 is 11.6 Å². The Morgan fingerprint density at radius 1 is 0.738 bits per heavy atom. The van der Waals surface area contributed by atoms with Crippen LogP contribution in [-0.4, -0.2) is 93.5 Å². The molecule has 61 heavy (non-hydrogen) atoms. The van der Waals surface area contributed by atoms with Crippen molar-refractivity contribution in [2.45, 2.75) is 150 Å². The number of ketones is 3. The smallest absolute Gasteiger partial charge is 0.407 e. The fraction of sp³-hybridized carbons (Fsp3) is 0.587. The Morgan fingerprint density at radius 2 is 1.31 bits per heavy atom. The first-order valence-electron chi connectivity index (χ1n) is 20.9. The van der Waals surface area contributed by atoms with Gasteiger partial charge in [0.15, 0.2) is 23.5 Å². The van der Waals surface area contributed by atoms with Crippen LogP contribution in [0.15, 0.2) is 48.5 Å². The number of hydrogen-bond acceptors (Lipinski definition) is 10. The third kappa shape index (κ3) is 18.9. The lowest BCUT2D eigenvalue weighted by Crippen LogP contribution is -2.54. The molecule has 0 heterocycles. The molecule has 0 radical (unpaired) electrons. The minimum atomic E-state index is -1.75. The van der Waals surface area contributed by atoms with E-state index in [1.54, 1.807) is 84.9 Å². The van der Waals surface area contributed by atoms with Crippen LogP contribution in [0.25, 0.3) is 11.1 Å². The normalized spacial score (nSPS) is 15.2. The summed E-state index contributed by atoms with van der Waals surface area (Å²) in [7, 11) is 0. The first-order chi connectivity index (χ1) is 28.3. The summed E-state index contributed by atoms with van der Waals surface area (Å²) in [5.41, 5.74) is 0.460. The van der Waals surface area contributed by atoms with Gasteiger partial charge in [-0.25, -0.2) is 9.59 Å². The van der Waals surface area contributed by atoms with Gasteiger partial charge in [0.2, 0.25) is 11.8 Å². The van der Waals surface area contributed by atoms with Crippen molar-refractivity contribution >= 4 is 52.8 Å². The van der Waals surface area contributed by atoms with Crippen LogP contribution < -0.4 is 16.0 Å². The largest absolute Gasteiger partial charge is 0.479 e. The van der Waals surface area contributed by atoms with Gasteiger partial charge in [-0.1, -0.05) is 88.0 Å². The lowest BCUT2D eigenvalue weighted by molar-refractivity contribution is -0.149. The number of aliphatic hydroxyl groups excluding tert-OH is 1. The first kappa shape index (κ1) is 52.5. The van der Waals surface area contributed by atoms with Crippen molar-refractivity contribution in [1.82, 2.24) is 16.0 Å². The van der Waals surface area contributed by atoms with Crippen LogP contribution in [0.1, 0.15) is 125 Å². The van der Waals surface area contributed by atoms with Crippen molar-refractivity contribution in [3.05, 3.63) is 59.1 Å². The summed E-state index contributed by atoms with van der Waals surface area (Å²) in [5.74, 6) is -7.20. The van der Waals surface area contributed by atoms with E-state index in [2.05, 4.69) is 16.0 Å². The van der Waals surface area contributed by atoms with Crippen molar-refractivity contribution in [2.24, 2.45) is 17.8 Å². The van der Waals surface area contributed by atoms with E-state index in [0.29, 0.717) is 17.0 Å². The van der Waals surface area contributed by atoms with Crippen molar-refractivity contribution in [3.8, 4) is 11.1 Å². The van der Waals surface area contributed by atoms with Crippen LogP contribution in [0.3, 0.4) is 0 Å². The highest BCUT2D eigenvalue weighted by molar-refractivity contribution is 6.30. The summed E-state index contributed by atoms with van der Waals surface area (Å²) >= 11 is 6.03. The Morgan fingerprint density at radius 3 is 1.84 bits per heavy atom.